The van der Waals surface area contributed by atoms with Gasteiger partial charge in [0, 0.05) is 12.6 Å². The maximum atomic E-state index is 5.72. The van der Waals surface area contributed by atoms with Crippen LogP contribution in [0.3, 0.4) is 0 Å². The summed E-state index contributed by atoms with van der Waals surface area (Å²) in [6.45, 7) is 3.61. The van der Waals surface area contributed by atoms with Crippen molar-refractivity contribution >= 4 is 0 Å². The summed E-state index contributed by atoms with van der Waals surface area (Å²) in [5.41, 5.74) is 1.46. The Bertz CT molecular complexity index is 389. The first-order chi connectivity index (χ1) is 9.92. The predicted octanol–water partition coefficient (Wildman–Crippen LogP) is 2.85. The van der Waals surface area contributed by atoms with Crippen molar-refractivity contribution in [2.24, 2.45) is 0 Å². The molecule has 0 amide bonds. The molecule has 1 aromatic rings. The van der Waals surface area contributed by atoms with Gasteiger partial charge in [0.15, 0.2) is 0 Å². The summed E-state index contributed by atoms with van der Waals surface area (Å²) >= 11 is 0. The zero-order valence-corrected chi connectivity index (χ0v) is 12.2. The van der Waals surface area contributed by atoms with Gasteiger partial charge in [-0.3, -0.25) is 4.90 Å². The van der Waals surface area contributed by atoms with Gasteiger partial charge in [-0.1, -0.05) is 36.8 Å². The summed E-state index contributed by atoms with van der Waals surface area (Å²) in [5, 5.41) is 0. The van der Waals surface area contributed by atoms with Crippen LogP contribution in [0.4, 0.5) is 0 Å². The number of hydrogen-bond donors (Lipinski definition) is 0. The Labute approximate surface area is 121 Å². The Balaban J connectivity index is 1.58. The Hall–Kier alpha value is -0.900. The number of piperidine rings is 1. The van der Waals surface area contributed by atoms with Crippen LogP contribution in [0.5, 0.6) is 0 Å². The molecule has 0 bridgehead atoms. The van der Waals surface area contributed by atoms with Crippen LogP contribution < -0.4 is 0 Å². The highest BCUT2D eigenvalue weighted by molar-refractivity contribution is 5.16. The smallest absolute Gasteiger partial charge is 0.147 e. The molecular weight excluding hydrogens is 250 g/mol. The van der Waals surface area contributed by atoms with Gasteiger partial charge in [-0.25, -0.2) is 0 Å². The predicted molar refractivity (Wildman–Crippen MR) is 79.7 cm³/mol. The molecule has 110 valence electrons. The van der Waals surface area contributed by atoms with Gasteiger partial charge in [0.25, 0.3) is 0 Å². The summed E-state index contributed by atoms with van der Waals surface area (Å²) in [6.07, 6.45) is 6.58. The molecule has 2 aliphatic heterocycles. The van der Waals surface area contributed by atoms with Crippen LogP contribution in [0.25, 0.3) is 0 Å². The fraction of sp³-hybridized carbons (Fsp3) is 0.647. The third-order valence-electron chi connectivity index (χ3n) is 4.47. The molecule has 1 aromatic carbocycles. The second kappa shape index (κ2) is 7.21. The first kappa shape index (κ1) is 14.1. The van der Waals surface area contributed by atoms with E-state index in [1.807, 2.05) is 0 Å². The van der Waals surface area contributed by atoms with E-state index >= 15 is 0 Å². The zero-order chi connectivity index (χ0) is 13.6. The van der Waals surface area contributed by atoms with Crippen molar-refractivity contribution in [1.82, 2.24) is 4.90 Å². The zero-order valence-electron chi connectivity index (χ0n) is 12.2. The van der Waals surface area contributed by atoms with Crippen LogP contribution in [0.2, 0.25) is 0 Å². The largest absolute Gasteiger partial charge is 0.355 e. The minimum absolute atomic E-state index is 0.361. The maximum absolute atomic E-state index is 5.72. The number of benzene rings is 1. The summed E-state index contributed by atoms with van der Waals surface area (Å²) < 4.78 is 11.0. The van der Waals surface area contributed by atoms with Gasteiger partial charge in [0.2, 0.25) is 0 Å². The third-order valence-corrected chi connectivity index (χ3v) is 4.47. The minimum atomic E-state index is 0.361. The number of likely N-dealkylation sites (tertiary alicyclic amines) is 1. The van der Waals surface area contributed by atoms with Crippen LogP contribution in [-0.4, -0.2) is 43.5 Å². The molecule has 2 fully saturated rings. The molecule has 2 heterocycles. The SMILES string of the molecule is c1ccc(C[C@H]2CCCCN2C[C@@H]2CCOCO2)cc1. The molecule has 0 aromatic heterocycles. The average Bonchev–Trinajstić information content (AvgIpc) is 2.51. The molecule has 0 radical (unpaired) electrons. The van der Waals surface area contributed by atoms with Crippen LogP contribution in [0.15, 0.2) is 30.3 Å². The maximum Gasteiger partial charge on any atom is 0.147 e. The van der Waals surface area contributed by atoms with Gasteiger partial charge in [0.05, 0.1) is 12.7 Å². The second-order valence-corrected chi connectivity index (χ2v) is 5.94. The molecule has 0 spiro atoms. The molecule has 0 unspecified atom stereocenters. The van der Waals surface area contributed by atoms with E-state index in [1.54, 1.807) is 0 Å². The van der Waals surface area contributed by atoms with Crippen LogP contribution >= 0.6 is 0 Å². The van der Waals surface area contributed by atoms with E-state index in [-0.39, 0.29) is 0 Å². The molecule has 20 heavy (non-hydrogen) atoms. The Morgan fingerprint density at radius 2 is 2.00 bits per heavy atom. The fourth-order valence-corrected chi connectivity index (χ4v) is 3.32. The Kier molecular flexibility index (Phi) is 5.06. The van der Waals surface area contributed by atoms with Crippen LogP contribution in [0.1, 0.15) is 31.2 Å². The highest BCUT2D eigenvalue weighted by atomic mass is 16.7. The minimum Gasteiger partial charge on any atom is -0.355 e. The van der Waals surface area contributed by atoms with Crippen molar-refractivity contribution in [1.29, 1.82) is 0 Å². The van der Waals surface area contributed by atoms with E-state index < -0.39 is 0 Å². The summed E-state index contributed by atoms with van der Waals surface area (Å²) in [7, 11) is 0. The molecule has 0 aliphatic carbocycles. The Morgan fingerprint density at radius 1 is 1.10 bits per heavy atom. The lowest BCUT2D eigenvalue weighted by molar-refractivity contribution is -0.147. The fourth-order valence-electron chi connectivity index (χ4n) is 3.32. The van der Waals surface area contributed by atoms with Crippen LogP contribution in [0, 0.1) is 0 Å². The monoisotopic (exact) mass is 275 g/mol. The summed E-state index contributed by atoms with van der Waals surface area (Å²) in [5.74, 6) is 0. The van der Waals surface area contributed by atoms with Gasteiger partial charge in [0.1, 0.15) is 6.79 Å². The number of ether oxygens (including phenoxy) is 2. The highest BCUT2D eigenvalue weighted by Gasteiger charge is 2.26. The Morgan fingerprint density at radius 3 is 2.80 bits per heavy atom. The van der Waals surface area contributed by atoms with Gasteiger partial charge >= 0.3 is 0 Å². The first-order valence-corrected chi connectivity index (χ1v) is 7.89. The molecule has 0 saturated carbocycles. The lowest BCUT2D eigenvalue weighted by Crippen LogP contribution is -2.46. The molecule has 2 aliphatic rings. The van der Waals surface area contributed by atoms with Crippen molar-refractivity contribution < 1.29 is 9.47 Å². The van der Waals surface area contributed by atoms with E-state index in [9.17, 15) is 0 Å². The van der Waals surface area contributed by atoms with Gasteiger partial charge in [-0.15, -0.1) is 0 Å². The lowest BCUT2D eigenvalue weighted by Gasteiger charge is -2.38. The van der Waals surface area contributed by atoms with Crippen molar-refractivity contribution in [2.75, 3.05) is 26.5 Å². The average molecular weight is 275 g/mol. The van der Waals surface area contributed by atoms with E-state index in [0.717, 1.165) is 19.6 Å². The lowest BCUT2D eigenvalue weighted by atomic mass is 9.95. The van der Waals surface area contributed by atoms with Crippen molar-refractivity contribution in [3.8, 4) is 0 Å². The second-order valence-electron chi connectivity index (χ2n) is 5.94. The van der Waals surface area contributed by atoms with Crippen molar-refractivity contribution in [2.45, 2.75) is 44.2 Å². The topological polar surface area (TPSA) is 21.7 Å². The molecule has 3 rings (SSSR count). The molecule has 2 atom stereocenters. The quantitative estimate of drug-likeness (QED) is 0.843. The highest BCUT2D eigenvalue weighted by Crippen LogP contribution is 2.22. The number of nitrogens with zero attached hydrogens (tertiary/aromatic N) is 1. The molecule has 0 N–H and O–H groups in total. The van der Waals surface area contributed by atoms with Gasteiger partial charge < -0.3 is 9.47 Å². The van der Waals surface area contributed by atoms with E-state index in [2.05, 4.69) is 35.2 Å². The number of rotatable bonds is 4. The van der Waals surface area contributed by atoms with E-state index in [1.165, 1.54) is 37.8 Å². The molecule has 3 heteroatoms. The van der Waals surface area contributed by atoms with Gasteiger partial charge in [-0.05, 0) is 37.8 Å². The van der Waals surface area contributed by atoms with E-state index in [0.29, 0.717) is 18.9 Å². The standard InChI is InChI=1S/C17H25NO2/c1-2-6-15(7-3-1)12-16-8-4-5-10-18(16)13-17-9-11-19-14-20-17/h1-3,6-7,16-17H,4-5,8-14H2/t16-,17+/m1/s1. The van der Waals surface area contributed by atoms with Crippen molar-refractivity contribution in [3.63, 3.8) is 0 Å². The van der Waals surface area contributed by atoms with Crippen molar-refractivity contribution in [3.05, 3.63) is 35.9 Å². The van der Waals surface area contributed by atoms with Crippen LogP contribution in [-0.2, 0) is 15.9 Å². The summed E-state index contributed by atoms with van der Waals surface area (Å²) in [6, 6.07) is 11.6. The first-order valence-electron chi connectivity index (χ1n) is 7.89. The number of hydrogen-bond acceptors (Lipinski definition) is 3. The summed E-state index contributed by atoms with van der Waals surface area (Å²) in [4.78, 5) is 2.65. The molecular formula is C17H25NO2. The third kappa shape index (κ3) is 3.81. The normalized spacial score (nSPS) is 28.4. The molecule has 2 saturated heterocycles. The molecule has 3 nitrogen and oxygen atoms in total. The van der Waals surface area contributed by atoms with Gasteiger partial charge in [-0.2, -0.15) is 0 Å². The van der Waals surface area contributed by atoms with E-state index in [4.69, 9.17) is 9.47 Å².